The van der Waals surface area contributed by atoms with Gasteiger partial charge in [-0.3, -0.25) is 4.79 Å². The van der Waals surface area contributed by atoms with Crippen molar-refractivity contribution >= 4 is 5.91 Å². The molecule has 0 bridgehead atoms. The van der Waals surface area contributed by atoms with Crippen LogP contribution in [0.4, 0.5) is 0 Å². The summed E-state index contributed by atoms with van der Waals surface area (Å²) >= 11 is 0. The van der Waals surface area contributed by atoms with E-state index in [0.717, 1.165) is 19.5 Å². The third-order valence-electron chi connectivity index (χ3n) is 4.07. The van der Waals surface area contributed by atoms with Crippen molar-refractivity contribution in [2.24, 2.45) is 17.8 Å². The molecule has 0 aromatic heterocycles. The lowest BCUT2D eigenvalue weighted by Crippen LogP contribution is -2.56. The minimum Gasteiger partial charge on any atom is -0.342 e. The summed E-state index contributed by atoms with van der Waals surface area (Å²) in [6.07, 6.45) is 1.97. The Bertz CT molecular complexity index is 252. The molecule has 3 unspecified atom stereocenters. The highest BCUT2D eigenvalue weighted by molar-refractivity contribution is 5.77. The minimum atomic E-state index is 0.332. The van der Waals surface area contributed by atoms with E-state index in [2.05, 4.69) is 19.2 Å². The number of carbonyl (C=O) groups excluding carboxylic acids is 1. The van der Waals surface area contributed by atoms with Crippen molar-refractivity contribution in [1.29, 1.82) is 0 Å². The van der Waals surface area contributed by atoms with Crippen LogP contribution in [0.5, 0.6) is 0 Å². The van der Waals surface area contributed by atoms with Gasteiger partial charge in [-0.05, 0) is 37.3 Å². The average Bonchev–Trinajstić information content (AvgIpc) is 2.19. The van der Waals surface area contributed by atoms with Gasteiger partial charge in [0.2, 0.25) is 5.91 Å². The van der Waals surface area contributed by atoms with Gasteiger partial charge in [-0.25, -0.2) is 0 Å². The van der Waals surface area contributed by atoms with Gasteiger partial charge >= 0.3 is 0 Å². The van der Waals surface area contributed by atoms with Crippen molar-refractivity contribution < 1.29 is 4.79 Å². The molecule has 2 aliphatic heterocycles. The lowest BCUT2D eigenvalue weighted by atomic mass is 9.72. The summed E-state index contributed by atoms with van der Waals surface area (Å²) in [5.41, 5.74) is 0. The molecule has 0 spiro atoms. The summed E-state index contributed by atoms with van der Waals surface area (Å²) in [6, 6.07) is 0.457. The second kappa shape index (κ2) is 4.12. The Kier molecular flexibility index (Phi) is 3.01. The number of piperidine rings is 2. The van der Waals surface area contributed by atoms with Crippen LogP contribution in [-0.2, 0) is 4.79 Å². The predicted octanol–water partition coefficient (Wildman–Crippen LogP) is 1.10. The van der Waals surface area contributed by atoms with Crippen LogP contribution in [0.15, 0.2) is 0 Å². The molecule has 2 saturated heterocycles. The minimum absolute atomic E-state index is 0.332. The highest BCUT2D eigenvalue weighted by atomic mass is 16.2. The van der Waals surface area contributed by atoms with E-state index >= 15 is 0 Å². The van der Waals surface area contributed by atoms with Crippen molar-refractivity contribution in [2.75, 3.05) is 20.1 Å². The Morgan fingerprint density at radius 3 is 2.87 bits per heavy atom. The molecular formula is C12H22N2O. The molecule has 0 aromatic carbocycles. The second-order valence-electron chi connectivity index (χ2n) is 5.36. The van der Waals surface area contributed by atoms with Gasteiger partial charge in [0.1, 0.15) is 0 Å². The Hall–Kier alpha value is -0.570. The maximum absolute atomic E-state index is 11.9. The molecule has 1 amide bonds. The van der Waals surface area contributed by atoms with Crippen molar-refractivity contribution in [3.05, 3.63) is 0 Å². The molecule has 2 heterocycles. The summed E-state index contributed by atoms with van der Waals surface area (Å²) in [6.45, 7) is 6.62. The fraction of sp³-hybridized carbons (Fsp3) is 0.917. The van der Waals surface area contributed by atoms with Crippen LogP contribution in [-0.4, -0.2) is 37.0 Å². The second-order valence-corrected chi connectivity index (χ2v) is 5.36. The van der Waals surface area contributed by atoms with Crippen LogP contribution < -0.4 is 5.32 Å². The zero-order valence-electron chi connectivity index (χ0n) is 9.99. The number of hydrogen-bond acceptors (Lipinski definition) is 2. The maximum atomic E-state index is 11.9. The Labute approximate surface area is 92.2 Å². The van der Waals surface area contributed by atoms with Crippen LogP contribution >= 0.6 is 0 Å². The third kappa shape index (κ3) is 1.89. The molecule has 0 aromatic rings. The van der Waals surface area contributed by atoms with Gasteiger partial charge in [0, 0.05) is 19.5 Å². The number of amides is 1. The first-order valence-corrected chi connectivity index (χ1v) is 6.07. The molecule has 1 N–H and O–H groups in total. The fourth-order valence-electron chi connectivity index (χ4n) is 3.38. The summed E-state index contributed by atoms with van der Waals surface area (Å²) in [5, 5.41) is 3.41. The van der Waals surface area contributed by atoms with E-state index in [4.69, 9.17) is 0 Å². The van der Waals surface area contributed by atoms with Crippen molar-refractivity contribution in [2.45, 2.75) is 32.7 Å². The number of nitrogens with one attached hydrogen (secondary N) is 1. The lowest BCUT2D eigenvalue weighted by Gasteiger charge is -2.48. The summed E-state index contributed by atoms with van der Waals surface area (Å²) < 4.78 is 0. The SMILES string of the molecule is CC(C)C1C2CCNCC2CC(=O)N1C. The average molecular weight is 210 g/mol. The van der Waals surface area contributed by atoms with E-state index < -0.39 is 0 Å². The van der Waals surface area contributed by atoms with Crippen LogP contribution in [0, 0.1) is 17.8 Å². The van der Waals surface area contributed by atoms with E-state index in [1.807, 2.05) is 11.9 Å². The molecule has 3 atom stereocenters. The molecule has 3 nitrogen and oxygen atoms in total. The highest BCUT2D eigenvalue weighted by Gasteiger charge is 2.42. The largest absolute Gasteiger partial charge is 0.342 e. The Morgan fingerprint density at radius 2 is 2.20 bits per heavy atom. The first kappa shape index (κ1) is 10.9. The first-order chi connectivity index (χ1) is 7.11. The van der Waals surface area contributed by atoms with Crippen molar-refractivity contribution in [1.82, 2.24) is 10.2 Å². The van der Waals surface area contributed by atoms with E-state index in [1.54, 1.807) is 0 Å². The maximum Gasteiger partial charge on any atom is 0.222 e. The third-order valence-corrected chi connectivity index (χ3v) is 4.07. The first-order valence-electron chi connectivity index (χ1n) is 6.07. The van der Waals surface area contributed by atoms with Gasteiger partial charge in [0.25, 0.3) is 0 Å². The molecule has 86 valence electrons. The van der Waals surface area contributed by atoms with Gasteiger partial charge in [-0.2, -0.15) is 0 Å². The molecular weight excluding hydrogens is 188 g/mol. The summed E-state index contributed by atoms with van der Waals surface area (Å²) in [7, 11) is 1.98. The number of rotatable bonds is 1. The van der Waals surface area contributed by atoms with Gasteiger partial charge in [-0.15, -0.1) is 0 Å². The van der Waals surface area contributed by atoms with Crippen molar-refractivity contribution in [3.8, 4) is 0 Å². The quantitative estimate of drug-likeness (QED) is 0.703. The summed E-state index contributed by atoms with van der Waals surface area (Å²) in [4.78, 5) is 13.9. The zero-order valence-corrected chi connectivity index (χ0v) is 9.99. The van der Waals surface area contributed by atoms with E-state index in [0.29, 0.717) is 29.7 Å². The molecule has 0 saturated carbocycles. The van der Waals surface area contributed by atoms with Gasteiger partial charge in [0.05, 0.1) is 0 Å². The molecule has 2 rings (SSSR count). The van der Waals surface area contributed by atoms with Gasteiger partial charge in [0.15, 0.2) is 0 Å². The van der Waals surface area contributed by atoms with Gasteiger partial charge in [-0.1, -0.05) is 13.8 Å². The van der Waals surface area contributed by atoms with E-state index in [-0.39, 0.29) is 0 Å². The van der Waals surface area contributed by atoms with Crippen LogP contribution in [0.2, 0.25) is 0 Å². The predicted molar refractivity (Wildman–Crippen MR) is 60.5 cm³/mol. The molecule has 0 aliphatic carbocycles. The topological polar surface area (TPSA) is 32.3 Å². The van der Waals surface area contributed by atoms with Crippen LogP contribution in [0.25, 0.3) is 0 Å². The van der Waals surface area contributed by atoms with Crippen LogP contribution in [0.1, 0.15) is 26.7 Å². The zero-order chi connectivity index (χ0) is 11.0. The smallest absolute Gasteiger partial charge is 0.222 e. The molecule has 2 aliphatic rings. The number of likely N-dealkylation sites (tertiary alicyclic amines) is 1. The molecule has 2 fully saturated rings. The van der Waals surface area contributed by atoms with Crippen LogP contribution in [0.3, 0.4) is 0 Å². The molecule has 0 radical (unpaired) electrons. The molecule has 3 heteroatoms. The highest BCUT2D eigenvalue weighted by Crippen LogP contribution is 2.36. The van der Waals surface area contributed by atoms with E-state index in [9.17, 15) is 4.79 Å². The Balaban J connectivity index is 2.19. The summed E-state index contributed by atoms with van der Waals surface area (Å²) in [5.74, 6) is 2.20. The Morgan fingerprint density at radius 1 is 1.47 bits per heavy atom. The standard InChI is InChI=1S/C12H22N2O/c1-8(2)12-10-4-5-13-7-9(10)6-11(15)14(12)3/h8-10,12-13H,4-7H2,1-3H3. The number of nitrogens with zero attached hydrogens (tertiary/aromatic N) is 1. The number of fused-ring (bicyclic) bond motifs is 1. The van der Waals surface area contributed by atoms with E-state index in [1.165, 1.54) is 6.42 Å². The normalized spacial score (nSPS) is 36.9. The van der Waals surface area contributed by atoms with Gasteiger partial charge < -0.3 is 10.2 Å². The monoisotopic (exact) mass is 210 g/mol. The van der Waals surface area contributed by atoms with Crippen molar-refractivity contribution in [3.63, 3.8) is 0 Å². The number of carbonyl (C=O) groups is 1. The molecule has 15 heavy (non-hydrogen) atoms. The fourth-order valence-corrected chi connectivity index (χ4v) is 3.38. The lowest BCUT2D eigenvalue weighted by molar-refractivity contribution is -0.142. The number of hydrogen-bond donors (Lipinski definition) is 1.